The van der Waals surface area contributed by atoms with E-state index >= 15 is 0 Å². The van der Waals surface area contributed by atoms with E-state index in [2.05, 4.69) is 0 Å². The first-order chi connectivity index (χ1) is 12.0. The Kier molecular flexibility index (Phi) is 6.46. The highest BCUT2D eigenvalue weighted by molar-refractivity contribution is 7.48. The molecule has 25 heavy (non-hydrogen) atoms. The van der Waals surface area contributed by atoms with Crippen LogP contribution in [0.15, 0.2) is 84.9 Å². The summed E-state index contributed by atoms with van der Waals surface area (Å²) in [5, 5.41) is 17.3. The van der Waals surface area contributed by atoms with Crippen LogP contribution in [0, 0.1) is 0 Å². The summed E-state index contributed by atoms with van der Waals surface area (Å²) in [6, 6.07) is 22.9. The third kappa shape index (κ3) is 6.59. The molecule has 0 aromatic heterocycles. The molecule has 0 fully saturated rings. The fourth-order valence-electron chi connectivity index (χ4n) is 1.71. The van der Waals surface area contributed by atoms with Gasteiger partial charge < -0.3 is 19.3 Å². The van der Waals surface area contributed by atoms with Crippen LogP contribution in [0.3, 0.4) is 0 Å². The second-order valence-electron chi connectivity index (χ2n) is 4.77. The largest absolute Gasteiger partial charge is 0.584 e. The van der Waals surface area contributed by atoms with Gasteiger partial charge in [-0.2, -0.15) is 0 Å². The van der Waals surface area contributed by atoms with Gasteiger partial charge in [0, 0.05) is 0 Å². The van der Waals surface area contributed by atoms with Crippen LogP contribution in [0.2, 0.25) is 0 Å². The lowest BCUT2D eigenvalue weighted by atomic mass is 10.3. The van der Waals surface area contributed by atoms with Gasteiger partial charge >= 0.3 is 7.82 Å². The van der Waals surface area contributed by atoms with Crippen molar-refractivity contribution in [2.75, 3.05) is 0 Å². The van der Waals surface area contributed by atoms with Gasteiger partial charge in [0.1, 0.15) is 11.5 Å². The lowest BCUT2D eigenvalue weighted by molar-refractivity contribution is 0.291. The van der Waals surface area contributed by atoms with Crippen LogP contribution >= 0.6 is 7.82 Å². The van der Waals surface area contributed by atoms with Gasteiger partial charge in [-0.15, -0.1) is 0 Å². The summed E-state index contributed by atoms with van der Waals surface area (Å²) >= 11 is 0. The number of phosphoric ester groups is 1. The first kappa shape index (κ1) is 18.4. The van der Waals surface area contributed by atoms with Crippen molar-refractivity contribution in [1.82, 2.24) is 0 Å². The molecule has 7 heteroatoms. The summed E-state index contributed by atoms with van der Waals surface area (Å²) in [5.41, 5.74) is 0. The average molecular weight is 360 g/mol. The fraction of sp³-hybridized carbons (Fsp3) is 0. The summed E-state index contributed by atoms with van der Waals surface area (Å²) in [5.74, 6) is 0.420. The summed E-state index contributed by atoms with van der Waals surface area (Å²) in [6.07, 6.45) is 0. The molecule has 3 N–H and O–H groups in total. The number of phenolic OH excluding ortho intramolecular Hbond substituents is 2. The SMILES string of the molecule is O=P(O)(Oc1ccccc1)Oc1ccccc1.Oc1ccccc1O. The lowest BCUT2D eigenvalue weighted by Crippen LogP contribution is -1.99. The van der Waals surface area contributed by atoms with E-state index in [0.717, 1.165) is 0 Å². The van der Waals surface area contributed by atoms with Crippen molar-refractivity contribution in [2.24, 2.45) is 0 Å². The zero-order valence-electron chi connectivity index (χ0n) is 13.1. The zero-order chi connectivity index (χ0) is 18.1. The maximum atomic E-state index is 11.7. The Hall–Kier alpha value is -2.95. The predicted octanol–water partition coefficient (Wildman–Crippen LogP) is 4.34. The molecule has 0 spiro atoms. The predicted molar refractivity (Wildman–Crippen MR) is 93.7 cm³/mol. The number of aromatic hydroxyl groups is 2. The molecule has 0 atom stereocenters. The van der Waals surface area contributed by atoms with Gasteiger partial charge in [0.05, 0.1) is 0 Å². The molecule has 0 radical (unpaired) electrons. The molecule has 0 aliphatic rings. The van der Waals surface area contributed by atoms with Crippen molar-refractivity contribution in [3.05, 3.63) is 84.9 Å². The van der Waals surface area contributed by atoms with E-state index < -0.39 is 7.82 Å². The van der Waals surface area contributed by atoms with E-state index in [9.17, 15) is 9.46 Å². The fourth-order valence-corrected chi connectivity index (χ4v) is 2.53. The van der Waals surface area contributed by atoms with Crippen molar-refractivity contribution in [1.29, 1.82) is 0 Å². The highest BCUT2D eigenvalue weighted by atomic mass is 31.2. The van der Waals surface area contributed by atoms with Crippen molar-refractivity contribution >= 4 is 7.82 Å². The first-order valence-electron chi connectivity index (χ1n) is 7.25. The Morgan fingerprint density at radius 1 is 0.600 bits per heavy atom. The number of benzene rings is 3. The molecule has 3 rings (SSSR count). The van der Waals surface area contributed by atoms with E-state index in [1.165, 1.54) is 12.1 Å². The van der Waals surface area contributed by atoms with Crippen LogP contribution in [0.25, 0.3) is 0 Å². The third-order valence-electron chi connectivity index (χ3n) is 2.81. The third-order valence-corrected chi connectivity index (χ3v) is 3.69. The quantitative estimate of drug-likeness (QED) is 0.473. The van der Waals surface area contributed by atoms with Crippen LogP contribution in [0.5, 0.6) is 23.0 Å². The smallest absolute Gasteiger partial charge is 0.504 e. The lowest BCUT2D eigenvalue weighted by Gasteiger charge is -2.13. The van der Waals surface area contributed by atoms with Crippen molar-refractivity contribution in [3.8, 4) is 23.0 Å². The Morgan fingerprint density at radius 2 is 0.920 bits per heavy atom. The highest BCUT2D eigenvalue weighted by Crippen LogP contribution is 2.44. The van der Waals surface area contributed by atoms with Gasteiger partial charge in [-0.3, -0.25) is 4.89 Å². The van der Waals surface area contributed by atoms with Crippen molar-refractivity contribution < 1.29 is 28.7 Å². The van der Waals surface area contributed by atoms with E-state index in [1.807, 2.05) is 0 Å². The summed E-state index contributed by atoms with van der Waals surface area (Å²) in [7, 11) is -4.14. The number of phenols is 2. The normalized spacial score (nSPS) is 10.3. The van der Waals surface area contributed by atoms with Gasteiger partial charge in [-0.25, -0.2) is 4.57 Å². The summed E-state index contributed by atoms with van der Waals surface area (Å²) in [6.45, 7) is 0. The highest BCUT2D eigenvalue weighted by Gasteiger charge is 2.24. The van der Waals surface area contributed by atoms with Crippen LogP contribution < -0.4 is 9.05 Å². The van der Waals surface area contributed by atoms with Crippen molar-refractivity contribution in [3.63, 3.8) is 0 Å². The maximum absolute atomic E-state index is 11.7. The minimum Gasteiger partial charge on any atom is -0.504 e. The Morgan fingerprint density at radius 3 is 1.24 bits per heavy atom. The molecule has 3 aromatic rings. The molecule has 0 saturated heterocycles. The maximum Gasteiger partial charge on any atom is 0.584 e. The number of phosphoric acid groups is 1. The Balaban J connectivity index is 0.000000236. The van der Waals surface area contributed by atoms with E-state index in [-0.39, 0.29) is 23.0 Å². The molecule has 0 heterocycles. The molecule has 3 aromatic carbocycles. The monoisotopic (exact) mass is 360 g/mol. The Bertz CT molecular complexity index is 757. The number of hydrogen-bond donors (Lipinski definition) is 3. The van der Waals surface area contributed by atoms with E-state index in [1.54, 1.807) is 72.8 Å². The molecule has 130 valence electrons. The van der Waals surface area contributed by atoms with Crippen LogP contribution in [-0.2, 0) is 4.57 Å². The van der Waals surface area contributed by atoms with Gasteiger partial charge in [0.15, 0.2) is 11.5 Å². The molecule has 0 aliphatic heterocycles. The number of hydrogen-bond acceptors (Lipinski definition) is 5. The second-order valence-corrected chi connectivity index (χ2v) is 6.07. The minimum absolute atomic E-state index is 0.0764. The summed E-state index contributed by atoms with van der Waals surface area (Å²) < 4.78 is 21.5. The first-order valence-corrected chi connectivity index (χ1v) is 8.75. The molecule has 0 bridgehead atoms. The topological polar surface area (TPSA) is 96.2 Å². The molecule has 6 nitrogen and oxygen atoms in total. The average Bonchev–Trinajstić information content (AvgIpc) is 2.59. The zero-order valence-corrected chi connectivity index (χ0v) is 14.0. The Labute approximate surface area is 145 Å². The van der Waals surface area contributed by atoms with E-state index in [4.69, 9.17) is 19.3 Å². The van der Waals surface area contributed by atoms with Gasteiger partial charge in [-0.05, 0) is 36.4 Å². The van der Waals surface area contributed by atoms with Crippen molar-refractivity contribution in [2.45, 2.75) is 0 Å². The van der Waals surface area contributed by atoms with E-state index in [0.29, 0.717) is 0 Å². The second kappa shape index (κ2) is 8.78. The van der Waals surface area contributed by atoms with Gasteiger partial charge in [0.25, 0.3) is 0 Å². The molecule has 0 saturated carbocycles. The molecule has 0 amide bonds. The van der Waals surface area contributed by atoms with Gasteiger partial charge in [0.2, 0.25) is 0 Å². The minimum atomic E-state index is -4.14. The van der Waals surface area contributed by atoms with Gasteiger partial charge in [-0.1, -0.05) is 48.5 Å². The number of rotatable bonds is 4. The standard InChI is InChI=1S/C12H11O4P.C6H6O2/c13-17(14,15-11-7-3-1-4-8-11)16-12-9-5-2-6-10-12;7-5-3-1-2-4-6(5)8/h1-10H,(H,13,14);1-4,7-8H. The summed E-state index contributed by atoms with van der Waals surface area (Å²) in [4.78, 5) is 9.53. The molecular formula is C18H17O6P. The number of para-hydroxylation sites is 4. The van der Waals surface area contributed by atoms with Crippen LogP contribution in [-0.4, -0.2) is 15.1 Å². The molecule has 0 unspecified atom stereocenters. The molecule has 0 aliphatic carbocycles. The molecular weight excluding hydrogens is 343 g/mol. The van der Waals surface area contributed by atoms with Crippen LogP contribution in [0.1, 0.15) is 0 Å². The van der Waals surface area contributed by atoms with Crippen LogP contribution in [0.4, 0.5) is 0 Å².